The van der Waals surface area contributed by atoms with Gasteiger partial charge < -0.3 is 14.2 Å². The van der Waals surface area contributed by atoms with Crippen molar-refractivity contribution in [2.24, 2.45) is 5.92 Å². The number of rotatable bonds is 6. The van der Waals surface area contributed by atoms with Gasteiger partial charge in [-0.05, 0) is 30.9 Å². The molecule has 1 aromatic carbocycles. The lowest BCUT2D eigenvalue weighted by atomic mass is 10.0. The van der Waals surface area contributed by atoms with E-state index >= 15 is 0 Å². The topological polar surface area (TPSA) is 94.2 Å². The predicted octanol–water partition coefficient (Wildman–Crippen LogP) is 3.36. The number of carbonyl (C=O) groups excluding carboxylic acids is 1. The molecule has 2 fully saturated rings. The number of aromatic nitrogens is 4. The summed E-state index contributed by atoms with van der Waals surface area (Å²) in [5.74, 6) is 2.22. The van der Waals surface area contributed by atoms with Gasteiger partial charge in [0.05, 0.1) is 24.8 Å². The summed E-state index contributed by atoms with van der Waals surface area (Å²) in [5.41, 5.74) is 1.26. The van der Waals surface area contributed by atoms with Crippen LogP contribution < -0.4 is 4.74 Å². The van der Waals surface area contributed by atoms with Crippen molar-refractivity contribution < 1.29 is 14.1 Å². The van der Waals surface area contributed by atoms with Crippen LogP contribution >= 0.6 is 0 Å². The van der Waals surface area contributed by atoms with Crippen LogP contribution in [0.25, 0.3) is 23.0 Å². The zero-order valence-corrected chi connectivity index (χ0v) is 16.6. The van der Waals surface area contributed by atoms with Crippen molar-refractivity contribution in [3.05, 3.63) is 42.9 Å². The average Bonchev–Trinajstić information content (AvgIpc) is 3.43. The van der Waals surface area contributed by atoms with E-state index in [4.69, 9.17) is 9.26 Å². The molecule has 154 valence electrons. The van der Waals surface area contributed by atoms with Gasteiger partial charge >= 0.3 is 0 Å². The van der Waals surface area contributed by atoms with E-state index in [9.17, 15) is 4.79 Å². The zero-order chi connectivity index (χ0) is 20.3. The maximum absolute atomic E-state index is 12.4. The molecular formula is C22H23N5O3. The lowest BCUT2D eigenvalue weighted by Crippen LogP contribution is -2.56. The molecule has 2 aliphatic rings. The molecule has 1 aliphatic carbocycles. The molecule has 1 amide bonds. The molecule has 0 atom stereocenters. The average molecular weight is 405 g/mol. The lowest BCUT2D eigenvalue weighted by molar-refractivity contribution is -0.141. The maximum atomic E-state index is 12.4. The molecule has 5 rings (SSSR count). The normalized spacial score (nSPS) is 17.1. The molecule has 8 nitrogen and oxygen atoms in total. The van der Waals surface area contributed by atoms with E-state index in [1.807, 2.05) is 29.2 Å². The van der Waals surface area contributed by atoms with Crippen molar-refractivity contribution in [3.8, 4) is 28.7 Å². The van der Waals surface area contributed by atoms with Crippen LogP contribution in [0.5, 0.6) is 5.75 Å². The first-order valence-corrected chi connectivity index (χ1v) is 10.4. The molecule has 1 saturated carbocycles. The minimum absolute atomic E-state index is 0.0268. The van der Waals surface area contributed by atoms with E-state index in [0.29, 0.717) is 48.6 Å². The van der Waals surface area contributed by atoms with Gasteiger partial charge in [-0.15, -0.1) is 0 Å². The van der Waals surface area contributed by atoms with Crippen LogP contribution in [0.1, 0.15) is 32.1 Å². The number of amides is 1. The van der Waals surface area contributed by atoms with Crippen LogP contribution in [-0.2, 0) is 4.79 Å². The highest BCUT2D eigenvalue weighted by atomic mass is 16.5. The molecule has 0 spiro atoms. The van der Waals surface area contributed by atoms with E-state index in [-0.39, 0.29) is 12.0 Å². The number of likely N-dealkylation sites (tertiary alicyclic amines) is 1. The highest BCUT2D eigenvalue weighted by molar-refractivity contribution is 5.77. The number of benzene rings is 1. The summed E-state index contributed by atoms with van der Waals surface area (Å²) in [6.07, 6.45) is 10.3. The van der Waals surface area contributed by atoms with Crippen LogP contribution in [0, 0.1) is 5.92 Å². The monoisotopic (exact) mass is 405 g/mol. The summed E-state index contributed by atoms with van der Waals surface area (Å²) in [7, 11) is 0. The second-order valence-corrected chi connectivity index (χ2v) is 7.90. The van der Waals surface area contributed by atoms with Crippen molar-refractivity contribution in [2.45, 2.75) is 38.2 Å². The first-order chi connectivity index (χ1) is 14.8. The van der Waals surface area contributed by atoms with Crippen molar-refractivity contribution in [2.75, 3.05) is 13.1 Å². The standard InChI is InChI=1S/C22H23N5O3/c28-20(11-15-5-1-2-6-15)27-13-16(14-27)29-19-8-4-3-7-17(19)22-25-21(26-30-22)18-12-23-9-10-24-18/h3-4,7-10,12,15-16H,1-2,5-6,11,13-14H2. The summed E-state index contributed by atoms with van der Waals surface area (Å²) in [5, 5.41) is 4.00. The van der Waals surface area contributed by atoms with Crippen LogP contribution in [0.2, 0.25) is 0 Å². The second kappa shape index (κ2) is 8.22. The van der Waals surface area contributed by atoms with Gasteiger partial charge in [0.25, 0.3) is 5.89 Å². The Kier molecular flexibility index (Phi) is 5.13. The minimum atomic E-state index is -0.0268. The number of hydrogen-bond acceptors (Lipinski definition) is 7. The molecule has 0 unspecified atom stereocenters. The van der Waals surface area contributed by atoms with Gasteiger partial charge in [0.2, 0.25) is 11.7 Å². The van der Waals surface area contributed by atoms with Crippen molar-refractivity contribution in [3.63, 3.8) is 0 Å². The number of hydrogen-bond donors (Lipinski definition) is 0. The van der Waals surface area contributed by atoms with Crippen molar-refractivity contribution in [1.29, 1.82) is 0 Å². The fraction of sp³-hybridized carbons (Fsp3) is 0.409. The van der Waals surface area contributed by atoms with E-state index in [0.717, 1.165) is 5.56 Å². The fourth-order valence-corrected chi connectivity index (χ4v) is 4.08. The van der Waals surface area contributed by atoms with E-state index in [1.54, 1.807) is 18.6 Å². The quantitative estimate of drug-likeness (QED) is 0.620. The van der Waals surface area contributed by atoms with Gasteiger partial charge in [-0.25, -0.2) is 4.98 Å². The summed E-state index contributed by atoms with van der Waals surface area (Å²) in [6, 6.07) is 7.56. The van der Waals surface area contributed by atoms with Crippen molar-refractivity contribution in [1.82, 2.24) is 25.0 Å². The van der Waals surface area contributed by atoms with E-state index in [2.05, 4.69) is 20.1 Å². The lowest BCUT2D eigenvalue weighted by Gasteiger charge is -2.39. The Morgan fingerprint density at radius 2 is 2.00 bits per heavy atom. The Bertz CT molecular complexity index is 1010. The molecule has 1 aliphatic heterocycles. The molecule has 0 radical (unpaired) electrons. The molecule has 0 N–H and O–H groups in total. The largest absolute Gasteiger partial charge is 0.486 e. The van der Waals surface area contributed by atoms with Crippen LogP contribution in [0.3, 0.4) is 0 Å². The first-order valence-electron chi connectivity index (χ1n) is 10.4. The predicted molar refractivity (Wildman–Crippen MR) is 108 cm³/mol. The molecule has 8 heteroatoms. The highest BCUT2D eigenvalue weighted by Gasteiger charge is 2.34. The van der Waals surface area contributed by atoms with Gasteiger partial charge in [-0.2, -0.15) is 4.98 Å². The van der Waals surface area contributed by atoms with E-state index in [1.165, 1.54) is 25.7 Å². The summed E-state index contributed by atoms with van der Waals surface area (Å²) in [6.45, 7) is 1.24. The Labute approximate surface area is 174 Å². The third-order valence-electron chi connectivity index (χ3n) is 5.77. The number of nitrogens with zero attached hydrogens (tertiary/aromatic N) is 5. The number of ether oxygens (including phenoxy) is 1. The summed E-state index contributed by atoms with van der Waals surface area (Å²) >= 11 is 0. The maximum Gasteiger partial charge on any atom is 0.262 e. The van der Waals surface area contributed by atoms with E-state index < -0.39 is 0 Å². The van der Waals surface area contributed by atoms with Crippen molar-refractivity contribution >= 4 is 5.91 Å². The van der Waals surface area contributed by atoms with Crippen LogP contribution in [0.15, 0.2) is 47.4 Å². The third-order valence-corrected chi connectivity index (χ3v) is 5.77. The SMILES string of the molecule is O=C(CC1CCCC1)N1CC(Oc2ccccc2-c2nc(-c3cnccn3)no2)C1. The Morgan fingerprint density at radius 1 is 1.17 bits per heavy atom. The van der Waals surface area contributed by atoms with Gasteiger partial charge in [-0.3, -0.25) is 9.78 Å². The minimum Gasteiger partial charge on any atom is -0.486 e. The highest BCUT2D eigenvalue weighted by Crippen LogP contribution is 2.32. The summed E-state index contributed by atoms with van der Waals surface area (Å²) < 4.78 is 11.6. The summed E-state index contributed by atoms with van der Waals surface area (Å²) in [4.78, 5) is 27.0. The van der Waals surface area contributed by atoms with Gasteiger partial charge in [0, 0.05) is 18.8 Å². The Morgan fingerprint density at radius 3 is 2.80 bits per heavy atom. The Hall–Kier alpha value is -3.29. The second-order valence-electron chi connectivity index (χ2n) is 7.90. The third kappa shape index (κ3) is 3.90. The smallest absolute Gasteiger partial charge is 0.262 e. The molecule has 3 heterocycles. The van der Waals surface area contributed by atoms with Crippen LogP contribution in [0.4, 0.5) is 0 Å². The Balaban J connectivity index is 1.23. The van der Waals surface area contributed by atoms with Gasteiger partial charge in [0.1, 0.15) is 17.5 Å². The van der Waals surface area contributed by atoms with Gasteiger partial charge in [-0.1, -0.05) is 30.1 Å². The van der Waals surface area contributed by atoms with Gasteiger partial charge in [0.15, 0.2) is 0 Å². The molecule has 30 heavy (non-hydrogen) atoms. The molecule has 2 aromatic heterocycles. The number of para-hydroxylation sites is 1. The zero-order valence-electron chi connectivity index (χ0n) is 16.6. The molecule has 0 bridgehead atoms. The fourth-order valence-electron chi connectivity index (χ4n) is 4.08. The number of carbonyl (C=O) groups is 1. The molecular weight excluding hydrogens is 382 g/mol. The molecule has 3 aromatic rings. The first kappa shape index (κ1) is 18.7. The molecule has 1 saturated heterocycles. The van der Waals surface area contributed by atoms with Crippen LogP contribution in [-0.4, -0.2) is 50.1 Å².